The molecule has 2 N–H and O–H groups in total. The number of anilines is 2. The fourth-order valence-corrected chi connectivity index (χ4v) is 3.18. The zero-order valence-corrected chi connectivity index (χ0v) is 12.9. The smallest absolute Gasteiger partial charge is 0.262 e. The number of nitrogens with two attached hydrogens (primary N) is 1. The number of nitrogen functional groups attached to an aromatic ring is 1. The third-order valence-electron chi connectivity index (χ3n) is 3.64. The highest BCUT2D eigenvalue weighted by Gasteiger charge is 2.27. The van der Waals surface area contributed by atoms with Crippen molar-refractivity contribution in [2.75, 3.05) is 17.2 Å². The average Bonchev–Trinajstić information content (AvgIpc) is 2.46. The van der Waals surface area contributed by atoms with Crippen molar-refractivity contribution in [3.05, 3.63) is 57.8 Å². The Morgan fingerprint density at radius 1 is 1.29 bits per heavy atom. The van der Waals surface area contributed by atoms with E-state index in [-0.39, 0.29) is 11.5 Å². The van der Waals surface area contributed by atoms with Gasteiger partial charge in [-0.1, -0.05) is 6.07 Å². The molecule has 0 radical (unpaired) electrons. The molecule has 2 aromatic rings. The van der Waals surface area contributed by atoms with Crippen LogP contribution in [0.3, 0.4) is 0 Å². The highest BCUT2D eigenvalue weighted by atomic mass is 79.9. The Labute approximate surface area is 130 Å². The molecule has 0 aromatic heterocycles. The van der Waals surface area contributed by atoms with E-state index in [9.17, 15) is 9.18 Å². The van der Waals surface area contributed by atoms with E-state index >= 15 is 0 Å². The first-order valence-corrected chi connectivity index (χ1v) is 7.51. The predicted molar refractivity (Wildman–Crippen MR) is 85.0 cm³/mol. The Hall–Kier alpha value is -1.88. The van der Waals surface area contributed by atoms with E-state index in [1.807, 2.05) is 12.1 Å². The fraction of sp³-hybridized carbons (Fsp3) is 0.188. The molecule has 5 heteroatoms. The maximum atomic E-state index is 14.0. The van der Waals surface area contributed by atoms with Crippen molar-refractivity contribution < 1.29 is 9.18 Å². The molecular formula is C16H14BrFN2O. The number of carbonyl (C=O) groups is 1. The molecule has 2 aromatic carbocycles. The van der Waals surface area contributed by atoms with Crippen LogP contribution in [0.2, 0.25) is 0 Å². The van der Waals surface area contributed by atoms with Crippen molar-refractivity contribution >= 4 is 33.2 Å². The normalized spacial score (nSPS) is 13.9. The molecule has 0 saturated heterocycles. The van der Waals surface area contributed by atoms with E-state index in [1.165, 1.54) is 6.07 Å². The third-order valence-corrected chi connectivity index (χ3v) is 4.30. The molecule has 0 saturated carbocycles. The first kappa shape index (κ1) is 14.1. The number of rotatable bonds is 1. The molecule has 3 rings (SSSR count). The van der Waals surface area contributed by atoms with Crippen LogP contribution in [0.4, 0.5) is 15.8 Å². The van der Waals surface area contributed by atoms with Gasteiger partial charge in [0.1, 0.15) is 5.82 Å². The minimum atomic E-state index is -0.517. The lowest BCUT2D eigenvalue weighted by Gasteiger charge is -2.30. The van der Waals surface area contributed by atoms with Gasteiger partial charge in [0.2, 0.25) is 0 Å². The van der Waals surface area contributed by atoms with E-state index in [4.69, 9.17) is 5.73 Å². The summed E-state index contributed by atoms with van der Waals surface area (Å²) in [4.78, 5) is 14.3. The molecular weight excluding hydrogens is 335 g/mol. The van der Waals surface area contributed by atoms with E-state index in [1.54, 1.807) is 23.1 Å². The Morgan fingerprint density at radius 2 is 2.10 bits per heavy atom. The van der Waals surface area contributed by atoms with Gasteiger partial charge in [0.15, 0.2) is 0 Å². The Morgan fingerprint density at radius 3 is 2.86 bits per heavy atom. The van der Waals surface area contributed by atoms with Gasteiger partial charge in [-0.3, -0.25) is 4.79 Å². The van der Waals surface area contributed by atoms with Gasteiger partial charge in [0.05, 0.1) is 5.56 Å². The number of carbonyl (C=O) groups excluding carboxylic acids is 1. The molecule has 21 heavy (non-hydrogen) atoms. The molecule has 1 aliphatic rings. The van der Waals surface area contributed by atoms with Gasteiger partial charge >= 0.3 is 0 Å². The largest absolute Gasteiger partial charge is 0.399 e. The van der Waals surface area contributed by atoms with Crippen LogP contribution in [0.1, 0.15) is 22.3 Å². The van der Waals surface area contributed by atoms with Gasteiger partial charge in [-0.15, -0.1) is 0 Å². The molecule has 0 fully saturated rings. The first-order valence-electron chi connectivity index (χ1n) is 6.72. The molecule has 1 heterocycles. The molecule has 0 atom stereocenters. The summed E-state index contributed by atoms with van der Waals surface area (Å²) in [5.41, 5.74) is 8.38. The quantitative estimate of drug-likeness (QED) is 0.797. The van der Waals surface area contributed by atoms with Crippen molar-refractivity contribution in [2.45, 2.75) is 12.8 Å². The number of fused-ring (bicyclic) bond motifs is 1. The monoisotopic (exact) mass is 348 g/mol. The van der Waals surface area contributed by atoms with Crippen LogP contribution in [0, 0.1) is 5.82 Å². The van der Waals surface area contributed by atoms with Crippen LogP contribution in [-0.4, -0.2) is 12.5 Å². The van der Waals surface area contributed by atoms with Gasteiger partial charge in [-0.2, -0.15) is 0 Å². The summed E-state index contributed by atoms with van der Waals surface area (Å²) >= 11 is 3.26. The van der Waals surface area contributed by atoms with Gasteiger partial charge in [-0.25, -0.2) is 4.39 Å². The fourth-order valence-electron chi connectivity index (χ4n) is 2.67. The molecule has 3 nitrogen and oxygen atoms in total. The number of benzene rings is 2. The number of amides is 1. The summed E-state index contributed by atoms with van der Waals surface area (Å²) in [6.45, 7) is 0.580. The summed E-state index contributed by atoms with van der Waals surface area (Å²) in [7, 11) is 0. The zero-order valence-electron chi connectivity index (χ0n) is 11.3. The molecule has 0 bridgehead atoms. The zero-order chi connectivity index (χ0) is 15.0. The molecule has 108 valence electrons. The topological polar surface area (TPSA) is 46.3 Å². The van der Waals surface area contributed by atoms with Crippen molar-refractivity contribution in [3.63, 3.8) is 0 Å². The molecule has 0 unspecified atom stereocenters. The minimum Gasteiger partial charge on any atom is -0.399 e. The van der Waals surface area contributed by atoms with Gasteiger partial charge in [0.25, 0.3) is 5.91 Å². The van der Waals surface area contributed by atoms with Crippen molar-refractivity contribution in [2.24, 2.45) is 0 Å². The number of hydrogen-bond acceptors (Lipinski definition) is 2. The SMILES string of the molecule is Nc1ccc2c(c1)CCCN2C(=O)c1c(F)cccc1Br. The highest BCUT2D eigenvalue weighted by Crippen LogP contribution is 2.31. The van der Waals surface area contributed by atoms with Crippen molar-refractivity contribution in [3.8, 4) is 0 Å². The van der Waals surface area contributed by atoms with Gasteiger partial charge in [0, 0.05) is 22.4 Å². The first-order chi connectivity index (χ1) is 10.1. The van der Waals surface area contributed by atoms with E-state index < -0.39 is 5.82 Å². The highest BCUT2D eigenvalue weighted by molar-refractivity contribution is 9.10. The number of aryl methyl sites for hydroxylation is 1. The van der Waals surface area contributed by atoms with Crippen LogP contribution in [0.25, 0.3) is 0 Å². The van der Waals surface area contributed by atoms with Crippen LogP contribution in [0.15, 0.2) is 40.9 Å². The van der Waals surface area contributed by atoms with Crippen molar-refractivity contribution in [1.82, 2.24) is 0 Å². The summed E-state index contributed by atoms with van der Waals surface area (Å²) in [6, 6.07) is 10.0. The Kier molecular flexibility index (Phi) is 3.68. The Bertz CT molecular complexity index is 697. The second-order valence-electron chi connectivity index (χ2n) is 5.05. The molecule has 1 aliphatic heterocycles. The Balaban J connectivity index is 2.05. The van der Waals surface area contributed by atoms with Crippen LogP contribution >= 0.6 is 15.9 Å². The third kappa shape index (κ3) is 2.53. The standard InChI is InChI=1S/C16H14BrFN2O/c17-12-4-1-5-13(18)15(12)16(21)20-8-2-3-10-9-11(19)6-7-14(10)20/h1,4-7,9H,2-3,8,19H2. The van der Waals surface area contributed by atoms with Crippen molar-refractivity contribution in [1.29, 1.82) is 0 Å². The molecule has 0 aliphatic carbocycles. The maximum Gasteiger partial charge on any atom is 0.262 e. The second kappa shape index (κ2) is 5.48. The second-order valence-corrected chi connectivity index (χ2v) is 5.90. The summed E-state index contributed by atoms with van der Waals surface area (Å²) in [6.07, 6.45) is 1.72. The predicted octanol–water partition coefficient (Wildman–Crippen LogP) is 3.76. The summed E-state index contributed by atoms with van der Waals surface area (Å²) in [5, 5.41) is 0. The van der Waals surface area contributed by atoms with E-state index in [2.05, 4.69) is 15.9 Å². The van der Waals surface area contributed by atoms with Crippen LogP contribution in [0.5, 0.6) is 0 Å². The van der Waals surface area contributed by atoms with E-state index in [0.717, 1.165) is 24.1 Å². The number of hydrogen-bond donors (Lipinski definition) is 1. The average molecular weight is 349 g/mol. The van der Waals surface area contributed by atoms with Gasteiger partial charge < -0.3 is 10.6 Å². The van der Waals surface area contributed by atoms with Crippen LogP contribution < -0.4 is 10.6 Å². The summed E-state index contributed by atoms with van der Waals surface area (Å²) < 4.78 is 14.5. The lowest BCUT2D eigenvalue weighted by molar-refractivity contribution is 0.0980. The number of nitrogens with zero attached hydrogens (tertiary/aromatic N) is 1. The molecule has 1 amide bonds. The minimum absolute atomic E-state index is 0.0715. The number of halogens is 2. The molecule has 0 spiro atoms. The summed E-state index contributed by atoms with van der Waals surface area (Å²) in [5.74, 6) is -0.845. The van der Waals surface area contributed by atoms with Gasteiger partial charge in [-0.05, 0) is 64.7 Å². The lowest BCUT2D eigenvalue weighted by Crippen LogP contribution is -2.36. The maximum absolute atomic E-state index is 14.0. The lowest BCUT2D eigenvalue weighted by atomic mass is 10.00. The van der Waals surface area contributed by atoms with E-state index in [0.29, 0.717) is 16.7 Å². The van der Waals surface area contributed by atoms with Crippen LogP contribution in [-0.2, 0) is 6.42 Å².